The summed E-state index contributed by atoms with van der Waals surface area (Å²) in [6.07, 6.45) is 1.52. The molecule has 0 aliphatic carbocycles. The molecule has 1 amide bonds. The second kappa shape index (κ2) is 5.09. The number of aromatic hydroxyl groups is 1. The molecule has 3 nitrogen and oxygen atoms in total. The lowest BCUT2D eigenvalue weighted by atomic mass is 9.97. The van der Waals surface area contributed by atoms with Crippen molar-refractivity contribution in [2.45, 2.75) is 25.8 Å². The summed E-state index contributed by atoms with van der Waals surface area (Å²) in [4.78, 5) is 13.8. The third kappa shape index (κ3) is 2.18. The molecule has 1 aliphatic heterocycles. The monoisotopic (exact) mass is 333 g/mol. The van der Waals surface area contributed by atoms with E-state index < -0.39 is 0 Å². The number of amides is 1. The molecule has 104 valence electrons. The van der Waals surface area contributed by atoms with Gasteiger partial charge in [0.15, 0.2) is 0 Å². The zero-order valence-electron chi connectivity index (χ0n) is 11.3. The molecule has 1 saturated heterocycles. The van der Waals surface area contributed by atoms with Gasteiger partial charge in [0.25, 0.3) is 0 Å². The highest BCUT2D eigenvalue weighted by atomic mass is 79.9. The van der Waals surface area contributed by atoms with Crippen molar-refractivity contribution in [3.05, 3.63) is 40.4 Å². The summed E-state index contributed by atoms with van der Waals surface area (Å²) in [6.45, 7) is 2.76. The van der Waals surface area contributed by atoms with E-state index in [1.807, 2.05) is 36.1 Å². The van der Waals surface area contributed by atoms with Crippen LogP contribution in [0.1, 0.15) is 31.4 Å². The Morgan fingerprint density at radius 1 is 1.30 bits per heavy atom. The topological polar surface area (TPSA) is 40.5 Å². The van der Waals surface area contributed by atoms with E-state index in [4.69, 9.17) is 0 Å². The van der Waals surface area contributed by atoms with Gasteiger partial charge in [-0.1, -0.05) is 28.1 Å². The second-order valence-electron chi connectivity index (χ2n) is 5.23. The Hall–Kier alpha value is -1.55. The van der Waals surface area contributed by atoms with Crippen LogP contribution in [-0.2, 0) is 4.79 Å². The molecule has 1 aliphatic rings. The number of phenolic OH excluding ortho intramolecular Hbond substituents is 1. The maximum absolute atomic E-state index is 11.9. The van der Waals surface area contributed by atoms with E-state index in [1.165, 1.54) is 0 Å². The third-order valence-corrected chi connectivity index (χ3v) is 4.49. The van der Waals surface area contributed by atoms with Crippen molar-refractivity contribution in [1.29, 1.82) is 0 Å². The normalized spacial score (nSPS) is 16.9. The van der Waals surface area contributed by atoms with Crippen LogP contribution in [-0.4, -0.2) is 22.5 Å². The van der Waals surface area contributed by atoms with Crippen LogP contribution in [0, 0.1) is 0 Å². The fourth-order valence-electron chi connectivity index (χ4n) is 2.99. The van der Waals surface area contributed by atoms with E-state index in [2.05, 4.69) is 15.9 Å². The first-order valence-electron chi connectivity index (χ1n) is 6.78. The van der Waals surface area contributed by atoms with Crippen LogP contribution in [0.5, 0.6) is 5.75 Å². The molecule has 1 fully saturated rings. The van der Waals surface area contributed by atoms with Gasteiger partial charge in [-0.3, -0.25) is 4.79 Å². The van der Waals surface area contributed by atoms with Gasteiger partial charge in [0.05, 0.1) is 6.04 Å². The minimum Gasteiger partial charge on any atom is -0.508 e. The van der Waals surface area contributed by atoms with E-state index in [1.54, 1.807) is 6.07 Å². The second-order valence-corrected chi connectivity index (χ2v) is 6.15. The quantitative estimate of drug-likeness (QED) is 0.902. The molecule has 20 heavy (non-hydrogen) atoms. The van der Waals surface area contributed by atoms with E-state index in [0.29, 0.717) is 6.42 Å². The highest BCUT2D eigenvalue weighted by molar-refractivity contribution is 9.10. The van der Waals surface area contributed by atoms with E-state index in [-0.39, 0.29) is 17.7 Å². The Morgan fingerprint density at radius 2 is 2.10 bits per heavy atom. The maximum Gasteiger partial charge on any atom is 0.223 e. The number of phenols is 1. The number of benzene rings is 2. The van der Waals surface area contributed by atoms with Gasteiger partial charge in [0.2, 0.25) is 5.91 Å². The molecular weight excluding hydrogens is 318 g/mol. The van der Waals surface area contributed by atoms with Crippen LogP contribution in [0.3, 0.4) is 0 Å². The Bertz CT molecular complexity index is 683. The van der Waals surface area contributed by atoms with Crippen molar-refractivity contribution in [3.8, 4) is 5.75 Å². The predicted molar refractivity (Wildman–Crippen MR) is 82.7 cm³/mol. The van der Waals surface area contributed by atoms with E-state index >= 15 is 0 Å². The largest absolute Gasteiger partial charge is 0.508 e. The fraction of sp³-hybridized carbons (Fsp3) is 0.312. The summed E-state index contributed by atoms with van der Waals surface area (Å²) in [6, 6.07) is 9.49. The molecule has 0 radical (unpaired) electrons. The number of nitrogens with zero attached hydrogens (tertiary/aromatic N) is 1. The molecule has 0 aromatic heterocycles. The molecule has 1 atom stereocenters. The van der Waals surface area contributed by atoms with Gasteiger partial charge >= 0.3 is 0 Å². The van der Waals surface area contributed by atoms with Gasteiger partial charge in [-0.25, -0.2) is 0 Å². The number of halogens is 1. The summed E-state index contributed by atoms with van der Waals surface area (Å²) < 4.78 is 1.01. The molecule has 3 rings (SSSR count). The lowest BCUT2D eigenvalue weighted by Gasteiger charge is -2.26. The molecule has 1 unspecified atom stereocenters. The SMILES string of the molecule is CC(c1c(O)ccc2cc(Br)ccc12)N1CCCC1=O. The molecule has 2 aromatic carbocycles. The third-order valence-electron chi connectivity index (χ3n) is 4.00. The lowest BCUT2D eigenvalue weighted by Crippen LogP contribution is -2.28. The highest BCUT2D eigenvalue weighted by Crippen LogP contribution is 2.37. The van der Waals surface area contributed by atoms with Gasteiger partial charge < -0.3 is 10.0 Å². The highest BCUT2D eigenvalue weighted by Gasteiger charge is 2.28. The summed E-state index contributed by atoms with van der Waals surface area (Å²) in [5, 5.41) is 12.3. The number of hydrogen-bond acceptors (Lipinski definition) is 2. The van der Waals surface area contributed by atoms with Crippen molar-refractivity contribution < 1.29 is 9.90 Å². The smallest absolute Gasteiger partial charge is 0.223 e. The fourth-order valence-corrected chi connectivity index (χ4v) is 3.37. The van der Waals surface area contributed by atoms with Crippen LogP contribution < -0.4 is 0 Å². The summed E-state index contributed by atoms with van der Waals surface area (Å²) in [7, 11) is 0. The minimum absolute atomic E-state index is 0.102. The van der Waals surface area contributed by atoms with Crippen molar-refractivity contribution in [2.75, 3.05) is 6.54 Å². The van der Waals surface area contributed by atoms with Crippen molar-refractivity contribution in [3.63, 3.8) is 0 Å². The van der Waals surface area contributed by atoms with Crippen molar-refractivity contribution in [1.82, 2.24) is 4.90 Å². The van der Waals surface area contributed by atoms with Crippen molar-refractivity contribution >= 4 is 32.6 Å². The first-order chi connectivity index (χ1) is 9.58. The number of rotatable bonds is 2. The molecular formula is C16H16BrNO2. The predicted octanol–water partition coefficient (Wildman–Crippen LogP) is 3.99. The molecule has 4 heteroatoms. The van der Waals surface area contributed by atoms with Crippen LogP contribution in [0.4, 0.5) is 0 Å². The average Bonchev–Trinajstić information content (AvgIpc) is 2.84. The van der Waals surface area contributed by atoms with Gasteiger partial charge in [-0.05, 0) is 42.3 Å². The van der Waals surface area contributed by atoms with Crippen LogP contribution in [0.2, 0.25) is 0 Å². The van der Waals surface area contributed by atoms with Crippen LogP contribution >= 0.6 is 15.9 Å². The van der Waals surface area contributed by atoms with Gasteiger partial charge in [-0.15, -0.1) is 0 Å². The molecule has 0 saturated carbocycles. The zero-order chi connectivity index (χ0) is 14.3. The Balaban J connectivity index is 2.14. The Morgan fingerprint density at radius 3 is 2.80 bits per heavy atom. The van der Waals surface area contributed by atoms with Gasteiger partial charge in [0, 0.05) is 23.0 Å². The number of likely N-dealkylation sites (tertiary alicyclic amines) is 1. The number of hydrogen-bond donors (Lipinski definition) is 1. The van der Waals surface area contributed by atoms with Crippen LogP contribution in [0.25, 0.3) is 10.8 Å². The molecule has 1 heterocycles. The Kier molecular flexibility index (Phi) is 3.42. The maximum atomic E-state index is 11.9. The summed E-state index contributed by atoms with van der Waals surface area (Å²) in [5.41, 5.74) is 0.838. The van der Waals surface area contributed by atoms with E-state index in [0.717, 1.165) is 33.8 Å². The minimum atomic E-state index is -0.102. The first kappa shape index (κ1) is 13.4. The zero-order valence-corrected chi connectivity index (χ0v) is 12.9. The molecule has 0 bridgehead atoms. The molecule has 1 N–H and O–H groups in total. The summed E-state index contributed by atoms with van der Waals surface area (Å²) >= 11 is 3.46. The van der Waals surface area contributed by atoms with Gasteiger partial charge in [-0.2, -0.15) is 0 Å². The number of carbonyl (C=O) groups is 1. The molecule has 0 spiro atoms. The van der Waals surface area contributed by atoms with Gasteiger partial charge in [0.1, 0.15) is 5.75 Å². The number of carbonyl (C=O) groups excluding carboxylic acids is 1. The lowest BCUT2D eigenvalue weighted by molar-refractivity contribution is -0.129. The van der Waals surface area contributed by atoms with Crippen molar-refractivity contribution in [2.24, 2.45) is 0 Å². The Labute approximate surface area is 126 Å². The summed E-state index contributed by atoms with van der Waals surface area (Å²) in [5.74, 6) is 0.429. The number of fused-ring (bicyclic) bond motifs is 1. The average molecular weight is 334 g/mol. The standard InChI is InChI=1S/C16H16BrNO2/c1-10(18-8-2-3-15(18)20)16-13-6-5-12(17)9-11(13)4-7-14(16)19/h4-7,9-10,19H,2-3,8H2,1H3. The van der Waals surface area contributed by atoms with E-state index in [9.17, 15) is 9.90 Å². The van der Waals surface area contributed by atoms with Crippen LogP contribution in [0.15, 0.2) is 34.8 Å². The first-order valence-corrected chi connectivity index (χ1v) is 7.58. The molecule has 2 aromatic rings.